The van der Waals surface area contributed by atoms with Gasteiger partial charge in [-0.1, -0.05) is 13.8 Å². The van der Waals surface area contributed by atoms with Crippen molar-refractivity contribution in [3.8, 4) is 0 Å². The predicted octanol–water partition coefficient (Wildman–Crippen LogP) is -1.27. The largest absolute Gasteiger partial charge is 2.00 e. The van der Waals surface area contributed by atoms with Gasteiger partial charge in [-0.15, -0.1) is 13.2 Å². The Hall–Kier alpha value is 0.803. The Morgan fingerprint density at radius 1 is 1.00 bits per heavy atom. The fourth-order valence-corrected chi connectivity index (χ4v) is 0. The number of rotatable bonds is 0. The fraction of sp³-hybridized carbons (Fsp3) is 1.00. The molecule has 0 aromatic carbocycles. The van der Waals surface area contributed by atoms with Gasteiger partial charge >= 0.3 is 26.2 Å². The molecular weight excluding hydrogens is 171 g/mol. The third-order valence-electron chi connectivity index (χ3n) is 0. The molecular formula is C4H10O2Zr. The summed E-state index contributed by atoms with van der Waals surface area (Å²) in [6, 6.07) is 0. The van der Waals surface area contributed by atoms with Crippen molar-refractivity contribution in [1.82, 2.24) is 0 Å². The van der Waals surface area contributed by atoms with Crippen LogP contribution in [0.4, 0.5) is 0 Å². The molecule has 0 aromatic heterocycles. The summed E-state index contributed by atoms with van der Waals surface area (Å²) in [5, 5.41) is 17.9. The van der Waals surface area contributed by atoms with Gasteiger partial charge in [0, 0.05) is 0 Å². The van der Waals surface area contributed by atoms with Crippen LogP contribution in [-0.2, 0) is 26.2 Å². The van der Waals surface area contributed by atoms with Crippen LogP contribution in [0, 0.1) is 0 Å². The van der Waals surface area contributed by atoms with Gasteiger partial charge in [-0.05, 0) is 0 Å². The van der Waals surface area contributed by atoms with Crippen LogP contribution in [0.2, 0.25) is 0 Å². The monoisotopic (exact) mass is 180 g/mol. The molecule has 0 aromatic rings. The second-order valence-electron chi connectivity index (χ2n) is 0.577. The molecule has 7 heavy (non-hydrogen) atoms. The SMILES string of the molecule is CC[O-].CC[O-].[Zr+2]. The van der Waals surface area contributed by atoms with Gasteiger partial charge in [0.25, 0.3) is 0 Å². The van der Waals surface area contributed by atoms with Crippen molar-refractivity contribution < 1.29 is 36.4 Å². The average molecular weight is 181 g/mol. The Morgan fingerprint density at radius 2 is 1.00 bits per heavy atom. The molecule has 0 bridgehead atoms. The van der Waals surface area contributed by atoms with Gasteiger partial charge in [-0.25, -0.2) is 0 Å². The van der Waals surface area contributed by atoms with Crippen molar-refractivity contribution in [1.29, 1.82) is 0 Å². The molecule has 0 aliphatic carbocycles. The van der Waals surface area contributed by atoms with Crippen molar-refractivity contribution in [3.05, 3.63) is 0 Å². The molecule has 2 nitrogen and oxygen atoms in total. The van der Waals surface area contributed by atoms with E-state index in [4.69, 9.17) is 10.2 Å². The molecule has 0 aliphatic heterocycles. The normalized spacial score (nSPS) is 5.14. The minimum Gasteiger partial charge on any atom is -0.855 e. The topological polar surface area (TPSA) is 46.1 Å². The van der Waals surface area contributed by atoms with Crippen LogP contribution in [0.15, 0.2) is 0 Å². The summed E-state index contributed by atoms with van der Waals surface area (Å²) in [6.07, 6.45) is 0. The van der Waals surface area contributed by atoms with Crippen LogP contribution >= 0.6 is 0 Å². The molecule has 0 atom stereocenters. The Labute approximate surface area is 63.7 Å². The van der Waals surface area contributed by atoms with Crippen molar-refractivity contribution >= 4 is 0 Å². The zero-order valence-electron chi connectivity index (χ0n) is 4.73. The van der Waals surface area contributed by atoms with E-state index in [2.05, 4.69) is 0 Å². The summed E-state index contributed by atoms with van der Waals surface area (Å²) in [4.78, 5) is 0. The first-order valence-electron chi connectivity index (χ1n) is 1.99. The molecule has 0 fully saturated rings. The van der Waals surface area contributed by atoms with Gasteiger partial charge in [0.1, 0.15) is 0 Å². The van der Waals surface area contributed by atoms with Crippen LogP contribution < -0.4 is 10.2 Å². The number of hydrogen-bond acceptors (Lipinski definition) is 2. The van der Waals surface area contributed by atoms with Gasteiger partial charge in [-0.3, -0.25) is 0 Å². The maximum atomic E-state index is 8.93. The average Bonchev–Trinajstić information content (AvgIpc) is 1.39. The minimum absolute atomic E-state index is 0. The van der Waals surface area contributed by atoms with E-state index in [-0.39, 0.29) is 39.4 Å². The van der Waals surface area contributed by atoms with Crippen LogP contribution in [0.5, 0.6) is 0 Å². The van der Waals surface area contributed by atoms with E-state index < -0.39 is 0 Å². The van der Waals surface area contributed by atoms with E-state index in [1.165, 1.54) is 0 Å². The van der Waals surface area contributed by atoms with E-state index in [9.17, 15) is 0 Å². The zero-order chi connectivity index (χ0) is 5.41. The third kappa shape index (κ3) is 243. The molecule has 0 rings (SSSR count). The Bertz CT molecular complexity index is 11.7. The van der Waals surface area contributed by atoms with Crippen LogP contribution in [0.25, 0.3) is 0 Å². The van der Waals surface area contributed by atoms with Crippen LogP contribution in [0.3, 0.4) is 0 Å². The first kappa shape index (κ1) is 15.7. The smallest absolute Gasteiger partial charge is 0.855 e. The Morgan fingerprint density at radius 3 is 1.00 bits per heavy atom. The van der Waals surface area contributed by atoms with E-state index >= 15 is 0 Å². The van der Waals surface area contributed by atoms with E-state index in [1.807, 2.05) is 0 Å². The van der Waals surface area contributed by atoms with E-state index in [0.717, 1.165) is 0 Å². The third-order valence-corrected chi connectivity index (χ3v) is 0. The summed E-state index contributed by atoms with van der Waals surface area (Å²) >= 11 is 0. The zero-order valence-corrected chi connectivity index (χ0v) is 7.19. The van der Waals surface area contributed by atoms with E-state index in [0.29, 0.717) is 0 Å². The van der Waals surface area contributed by atoms with Crippen molar-refractivity contribution in [2.24, 2.45) is 0 Å². The second-order valence-corrected chi connectivity index (χ2v) is 0.577. The van der Waals surface area contributed by atoms with Crippen molar-refractivity contribution in [2.75, 3.05) is 13.2 Å². The van der Waals surface area contributed by atoms with E-state index in [1.54, 1.807) is 13.8 Å². The quantitative estimate of drug-likeness (QED) is 0.468. The summed E-state index contributed by atoms with van der Waals surface area (Å²) in [6.45, 7) is 3.14. The maximum absolute atomic E-state index is 8.93. The molecule has 0 aliphatic rings. The first-order chi connectivity index (χ1) is 2.83. The van der Waals surface area contributed by atoms with Crippen LogP contribution in [-0.4, -0.2) is 13.2 Å². The second kappa shape index (κ2) is 29.2. The first-order valence-corrected chi connectivity index (χ1v) is 1.99. The molecule has 0 unspecified atom stereocenters. The standard InChI is InChI=1S/2C2H5O.Zr/c2*1-2-3;/h2*2H2,1H3;/q2*-1;+2. The van der Waals surface area contributed by atoms with Crippen molar-refractivity contribution in [3.63, 3.8) is 0 Å². The maximum Gasteiger partial charge on any atom is 2.00 e. The fourth-order valence-electron chi connectivity index (χ4n) is 0. The van der Waals surface area contributed by atoms with Gasteiger partial charge in [0.05, 0.1) is 0 Å². The molecule has 0 saturated carbocycles. The summed E-state index contributed by atoms with van der Waals surface area (Å²) in [5.41, 5.74) is 0. The predicted molar refractivity (Wildman–Crippen MR) is 21.1 cm³/mol. The summed E-state index contributed by atoms with van der Waals surface area (Å²) in [5.74, 6) is 0. The van der Waals surface area contributed by atoms with Gasteiger partial charge in [-0.2, -0.15) is 0 Å². The van der Waals surface area contributed by atoms with Gasteiger partial charge in [0.2, 0.25) is 0 Å². The molecule has 42 valence electrons. The Balaban J connectivity index is -0.0000000400. The van der Waals surface area contributed by atoms with Crippen LogP contribution in [0.1, 0.15) is 13.8 Å². The Kier molecular flexibility index (Phi) is 65.2. The minimum atomic E-state index is 0. The molecule has 0 spiro atoms. The number of hydrogen-bond donors (Lipinski definition) is 0. The van der Waals surface area contributed by atoms with Gasteiger partial charge < -0.3 is 10.2 Å². The van der Waals surface area contributed by atoms with Gasteiger partial charge in [0.15, 0.2) is 0 Å². The molecule has 0 amide bonds. The summed E-state index contributed by atoms with van der Waals surface area (Å²) in [7, 11) is 0. The molecule has 3 heteroatoms. The molecule has 0 radical (unpaired) electrons. The van der Waals surface area contributed by atoms with Crippen molar-refractivity contribution in [2.45, 2.75) is 13.8 Å². The summed E-state index contributed by atoms with van der Waals surface area (Å²) < 4.78 is 0. The molecule has 0 N–H and O–H groups in total. The molecule has 0 saturated heterocycles. The molecule has 0 heterocycles.